The van der Waals surface area contributed by atoms with Crippen molar-refractivity contribution < 1.29 is 23.8 Å². The lowest BCUT2D eigenvalue weighted by Crippen LogP contribution is -2.27. The van der Waals surface area contributed by atoms with Crippen LogP contribution in [0.3, 0.4) is 0 Å². The Labute approximate surface area is 134 Å². The molecule has 0 aliphatic heterocycles. The molecule has 0 spiro atoms. The van der Waals surface area contributed by atoms with Crippen molar-refractivity contribution in [3.63, 3.8) is 0 Å². The van der Waals surface area contributed by atoms with Gasteiger partial charge in [0.05, 0.1) is 0 Å². The first-order chi connectivity index (χ1) is 11.0. The lowest BCUT2D eigenvalue weighted by Gasteiger charge is -2.12. The second-order valence-corrected chi connectivity index (χ2v) is 5.02. The van der Waals surface area contributed by atoms with E-state index in [2.05, 4.69) is 0 Å². The average Bonchev–Trinajstić information content (AvgIpc) is 2.54. The zero-order chi connectivity index (χ0) is 16.7. The van der Waals surface area contributed by atoms with Gasteiger partial charge < -0.3 is 14.2 Å². The summed E-state index contributed by atoms with van der Waals surface area (Å²) in [6, 6.07) is 16.1. The minimum atomic E-state index is -1.04. The summed E-state index contributed by atoms with van der Waals surface area (Å²) in [5.74, 6) is -0.284. The number of benzene rings is 2. The molecule has 0 N–H and O–H groups in total. The number of carbonyl (C=O) groups excluding carboxylic acids is 2. The largest absolute Gasteiger partial charge is 0.514 e. The molecule has 120 valence electrons. The maximum absolute atomic E-state index is 11.8. The third-order valence-corrected chi connectivity index (χ3v) is 3.05. The van der Waals surface area contributed by atoms with Gasteiger partial charge in [0.2, 0.25) is 0 Å². The molecule has 0 bridgehead atoms. The predicted octanol–water partition coefficient (Wildman–Crippen LogP) is 3.64. The summed E-state index contributed by atoms with van der Waals surface area (Å²) in [7, 11) is 0. The van der Waals surface area contributed by atoms with Crippen LogP contribution >= 0.6 is 0 Å². The number of aryl methyl sites for hydroxylation is 1. The molecule has 1 unspecified atom stereocenters. The molecule has 5 nitrogen and oxygen atoms in total. The molecule has 0 aliphatic carbocycles. The molecule has 5 heteroatoms. The monoisotopic (exact) mass is 314 g/mol. The molecule has 0 saturated carbocycles. The van der Waals surface area contributed by atoms with Crippen molar-refractivity contribution in [2.24, 2.45) is 0 Å². The predicted molar refractivity (Wildman–Crippen MR) is 84.0 cm³/mol. The highest BCUT2D eigenvalue weighted by Crippen LogP contribution is 2.11. The van der Waals surface area contributed by atoms with Crippen LogP contribution in [-0.2, 0) is 20.9 Å². The van der Waals surface area contributed by atoms with Gasteiger partial charge >= 0.3 is 12.1 Å². The molecule has 0 fully saturated rings. The van der Waals surface area contributed by atoms with Gasteiger partial charge in [-0.15, -0.1) is 0 Å². The molecule has 2 aromatic rings. The fourth-order valence-corrected chi connectivity index (χ4v) is 1.76. The van der Waals surface area contributed by atoms with E-state index in [1.807, 2.05) is 31.2 Å². The van der Waals surface area contributed by atoms with Crippen LogP contribution in [0.4, 0.5) is 4.79 Å². The van der Waals surface area contributed by atoms with Crippen LogP contribution < -0.4 is 4.74 Å². The van der Waals surface area contributed by atoms with Gasteiger partial charge in [-0.1, -0.05) is 48.0 Å². The quantitative estimate of drug-likeness (QED) is 0.623. The molecule has 0 aromatic heterocycles. The summed E-state index contributed by atoms with van der Waals surface area (Å²) in [6.07, 6.45) is -1.99. The van der Waals surface area contributed by atoms with E-state index in [1.165, 1.54) is 6.92 Å². The Morgan fingerprint density at radius 3 is 2.30 bits per heavy atom. The van der Waals surface area contributed by atoms with Crippen molar-refractivity contribution in [3.8, 4) is 5.75 Å². The van der Waals surface area contributed by atoms with Gasteiger partial charge in [0.15, 0.2) is 6.10 Å². The molecule has 2 rings (SSSR count). The number of carbonyl (C=O) groups is 2. The van der Waals surface area contributed by atoms with Crippen LogP contribution in [0.15, 0.2) is 54.6 Å². The van der Waals surface area contributed by atoms with Crippen LogP contribution in [0.25, 0.3) is 0 Å². The maximum atomic E-state index is 11.8. The standard InChI is InChI=1S/C18H18O5/c1-13-8-10-15(11-9-13)12-21-17(19)14(2)22-18(20)23-16-6-4-3-5-7-16/h3-11,14H,12H2,1-2H3. The Balaban J connectivity index is 1.78. The van der Waals surface area contributed by atoms with Crippen LogP contribution in [0.1, 0.15) is 18.1 Å². The fourth-order valence-electron chi connectivity index (χ4n) is 1.76. The smallest absolute Gasteiger partial charge is 0.458 e. The zero-order valence-corrected chi connectivity index (χ0v) is 13.0. The molecule has 0 heterocycles. The van der Waals surface area contributed by atoms with Crippen LogP contribution in [0, 0.1) is 6.92 Å². The molecule has 0 saturated heterocycles. The van der Waals surface area contributed by atoms with Gasteiger partial charge in [0.1, 0.15) is 12.4 Å². The number of hydrogen-bond acceptors (Lipinski definition) is 5. The minimum Gasteiger partial charge on any atom is -0.458 e. The van der Waals surface area contributed by atoms with Crippen molar-refractivity contribution in [1.82, 2.24) is 0 Å². The fraction of sp³-hybridized carbons (Fsp3) is 0.222. The first-order valence-corrected chi connectivity index (χ1v) is 7.20. The Kier molecular flexibility index (Phi) is 5.74. The van der Waals surface area contributed by atoms with E-state index in [9.17, 15) is 9.59 Å². The van der Waals surface area contributed by atoms with Crippen molar-refractivity contribution >= 4 is 12.1 Å². The second kappa shape index (κ2) is 7.98. The van der Waals surface area contributed by atoms with Gasteiger partial charge in [-0.3, -0.25) is 0 Å². The zero-order valence-electron chi connectivity index (χ0n) is 13.0. The van der Waals surface area contributed by atoms with E-state index in [4.69, 9.17) is 14.2 Å². The number of ether oxygens (including phenoxy) is 3. The lowest BCUT2D eigenvalue weighted by molar-refractivity contribution is -0.154. The van der Waals surface area contributed by atoms with Gasteiger partial charge in [0, 0.05) is 0 Å². The minimum absolute atomic E-state index is 0.126. The van der Waals surface area contributed by atoms with Gasteiger partial charge in [-0.05, 0) is 31.5 Å². The Morgan fingerprint density at radius 2 is 1.65 bits per heavy atom. The Morgan fingerprint density at radius 1 is 1.00 bits per heavy atom. The van der Waals surface area contributed by atoms with Crippen molar-refractivity contribution in [2.45, 2.75) is 26.6 Å². The third kappa shape index (κ3) is 5.47. The first-order valence-electron chi connectivity index (χ1n) is 7.20. The summed E-state index contributed by atoms with van der Waals surface area (Å²) >= 11 is 0. The Hall–Kier alpha value is -2.82. The normalized spacial score (nSPS) is 11.4. The second-order valence-electron chi connectivity index (χ2n) is 5.02. The van der Waals surface area contributed by atoms with Crippen LogP contribution in [0.2, 0.25) is 0 Å². The van der Waals surface area contributed by atoms with Crippen molar-refractivity contribution in [2.75, 3.05) is 0 Å². The molecule has 0 amide bonds. The van der Waals surface area contributed by atoms with Crippen LogP contribution in [0.5, 0.6) is 5.75 Å². The summed E-state index contributed by atoms with van der Waals surface area (Å²) in [5.41, 5.74) is 1.99. The van der Waals surface area contributed by atoms with Crippen molar-refractivity contribution in [1.29, 1.82) is 0 Å². The van der Waals surface area contributed by atoms with Gasteiger partial charge in [-0.2, -0.15) is 0 Å². The van der Waals surface area contributed by atoms with Gasteiger partial charge in [-0.25, -0.2) is 9.59 Å². The highest BCUT2D eigenvalue weighted by atomic mass is 16.7. The highest BCUT2D eigenvalue weighted by molar-refractivity contribution is 5.77. The molecule has 0 radical (unpaired) electrons. The topological polar surface area (TPSA) is 61.8 Å². The van der Waals surface area contributed by atoms with Crippen LogP contribution in [-0.4, -0.2) is 18.2 Å². The molecule has 0 aliphatic rings. The maximum Gasteiger partial charge on any atom is 0.514 e. The van der Waals surface area contributed by atoms with E-state index in [0.717, 1.165) is 11.1 Å². The molecule has 23 heavy (non-hydrogen) atoms. The third-order valence-electron chi connectivity index (χ3n) is 3.05. The molecule has 1 atom stereocenters. The van der Waals surface area contributed by atoms with E-state index in [1.54, 1.807) is 30.3 Å². The number of hydrogen-bond donors (Lipinski definition) is 0. The van der Waals surface area contributed by atoms with E-state index >= 15 is 0 Å². The number of rotatable bonds is 5. The molecule has 2 aromatic carbocycles. The SMILES string of the molecule is Cc1ccc(COC(=O)C(C)OC(=O)Oc2ccccc2)cc1. The van der Waals surface area contributed by atoms with E-state index < -0.39 is 18.2 Å². The van der Waals surface area contributed by atoms with Crippen molar-refractivity contribution in [3.05, 3.63) is 65.7 Å². The molecular formula is C18H18O5. The van der Waals surface area contributed by atoms with E-state index in [0.29, 0.717) is 5.75 Å². The lowest BCUT2D eigenvalue weighted by atomic mass is 10.2. The highest BCUT2D eigenvalue weighted by Gasteiger charge is 2.20. The van der Waals surface area contributed by atoms with E-state index in [-0.39, 0.29) is 6.61 Å². The summed E-state index contributed by atoms with van der Waals surface area (Å²) in [5, 5.41) is 0. The average molecular weight is 314 g/mol. The first kappa shape index (κ1) is 16.5. The number of esters is 1. The van der Waals surface area contributed by atoms with Gasteiger partial charge in [0.25, 0.3) is 0 Å². The summed E-state index contributed by atoms with van der Waals surface area (Å²) < 4.78 is 14.9. The molecular weight excluding hydrogens is 296 g/mol. The summed E-state index contributed by atoms with van der Waals surface area (Å²) in [6.45, 7) is 3.54. The Bertz CT molecular complexity index is 649. The number of para-hydroxylation sites is 1. The summed E-state index contributed by atoms with van der Waals surface area (Å²) in [4.78, 5) is 23.4.